The minimum absolute atomic E-state index is 0.0941. The lowest BCUT2D eigenvalue weighted by molar-refractivity contribution is -0.142. The fourth-order valence-electron chi connectivity index (χ4n) is 2.57. The molecule has 2 rings (SSSR count). The zero-order valence-corrected chi connectivity index (χ0v) is 14.0. The van der Waals surface area contributed by atoms with E-state index in [2.05, 4.69) is 4.72 Å². The molecule has 1 aliphatic rings. The highest BCUT2D eigenvalue weighted by Crippen LogP contribution is 2.37. The van der Waals surface area contributed by atoms with E-state index in [1.807, 2.05) is 0 Å². The average molecular weight is 383 g/mol. The van der Waals surface area contributed by atoms with Crippen LogP contribution >= 0.6 is 11.8 Å². The molecule has 5 nitrogen and oxygen atoms in total. The van der Waals surface area contributed by atoms with Gasteiger partial charge in [0.05, 0.1) is 10.8 Å². The van der Waals surface area contributed by atoms with Crippen LogP contribution in [-0.4, -0.2) is 31.0 Å². The van der Waals surface area contributed by atoms with E-state index in [0.29, 0.717) is 25.7 Å². The minimum Gasteiger partial charge on any atom is -0.481 e. The van der Waals surface area contributed by atoms with E-state index >= 15 is 0 Å². The fraction of sp³-hybridized carbons (Fsp3) is 0.500. The highest BCUT2D eigenvalue weighted by atomic mass is 32.2. The first kappa shape index (κ1) is 19.1. The normalized spacial score (nSPS) is 22.3. The summed E-state index contributed by atoms with van der Waals surface area (Å²) in [6, 6.07) is 4.09. The Labute approximate surface area is 141 Å². The summed E-state index contributed by atoms with van der Waals surface area (Å²) in [6.45, 7) is 0. The molecule has 0 radical (unpaired) electrons. The number of benzene rings is 1. The Balaban J connectivity index is 1.99. The molecule has 0 spiro atoms. The fourth-order valence-corrected chi connectivity index (χ4v) is 4.41. The van der Waals surface area contributed by atoms with Crippen molar-refractivity contribution < 1.29 is 31.5 Å². The van der Waals surface area contributed by atoms with Gasteiger partial charge in [-0.3, -0.25) is 4.79 Å². The topological polar surface area (TPSA) is 83.5 Å². The van der Waals surface area contributed by atoms with Crippen LogP contribution in [0.1, 0.15) is 25.7 Å². The SMILES string of the molecule is O=C(O)C1CCC(NS(=O)(=O)c2ccc(SC(F)(F)F)cc2)CC1. The molecule has 0 atom stereocenters. The number of halogens is 3. The molecule has 0 aromatic heterocycles. The number of nitrogens with one attached hydrogen (secondary N) is 1. The lowest BCUT2D eigenvalue weighted by atomic mass is 9.87. The standard InChI is InChI=1S/C14H16F3NO4S2/c15-14(16,17)23-11-5-7-12(8-6-11)24(21,22)18-10-3-1-9(2-4-10)13(19)20/h5-10,18H,1-4H2,(H,19,20). The minimum atomic E-state index is -4.43. The van der Waals surface area contributed by atoms with Gasteiger partial charge in [-0.2, -0.15) is 13.2 Å². The first-order chi connectivity index (χ1) is 11.1. The van der Waals surface area contributed by atoms with Gasteiger partial charge in [-0.15, -0.1) is 0 Å². The lowest BCUT2D eigenvalue weighted by Gasteiger charge is -2.26. The molecular weight excluding hydrogens is 367 g/mol. The Morgan fingerprint density at radius 2 is 1.67 bits per heavy atom. The zero-order valence-electron chi connectivity index (χ0n) is 12.4. The second-order valence-electron chi connectivity index (χ2n) is 5.53. The van der Waals surface area contributed by atoms with Gasteiger partial charge in [-0.05, 0) is 61.7 Å². The zero-order chi connectivity index (χ0) is 18.0. The van der Waals surface area contributed by atoms with Crippen LogP contribution in [0.3, 0.4) is 0 Å². The van der Waals surface area contributed by atoms with Gasteiger partial charge < -0.3 is 5.11 Å². The molecule has 0 heterocycles. The van der Waals surface area contributed by atoms with E-state index in [4.69, 9.17) is 5.11 Å². The van der Waals surface area contributed by atoms with Crippen molar-refractivity contribution in [2.75, 3.05) is 0 Å². The third-order valence-corrected chi connectivity index (χ3v) is 6.04. The van der Waals surface area contributed by atoms with Crippen molar-refractivity contribution >= 4 is 27.8 Å². The van der Waals surface area contributed by atoms with Crippen molar-refractivity contribution in [1.82, 2.24) is 4.72 Å². The number of thioether (sulfide) groups is 1. The third kappa shape index (κ3) is 5.38. The summed E-state index contributed by atoms with van der Waals surface area (Å²) in [5, 5.41) is 8.92. The van der Waals surface area contributed by atoms with Crippen LogP contribution < -0.4 is 4.72 Å². The van der Waals surface area contributed by atoms with Gasteiger partial charge in [0.1, 0.15) is 0 Å². The van der Waals surface area contributed by atoms with Crippen molar-refractivity contribution in [3.63, 3.8) is 0 Å². The monoisotopic (exact) mass is 383 g/mol. The highest BCUT2D eigenvalue weighted by Gasteiger charge is 2.30. The number of carboxylic acids is 1. The smallest absolute Gasteiger partial charge is 0.446 e. The molecule has 2 N–H and O–H groups in total. The molecule has 1 fully saturated rings. The predicted molar refractivity (Wildman–Crippen MR) is 82.1 cm³/mol. The summed E-state index contributed by atoms with van der Waals surface area (Å²) in [5.74, 6) is -1.33. The van der Waals surface area contributed by atoms with Gasteiger partial charge in [0.25, 0.3) is 0 Å². The van der Waals surface area contributed by atoms with Crippen LogP contribution in [0.15, 0.2) is 34.1 Å². The molecule has 1 saturated carbocycles. The molecule has 0 saturated heterocycles. The molecule has 1 aromatic rings. The van der Waals surface area contributed by atoms with E-state index in [1.165, 1.54) is 0 Å². The maximum atomic E-state index is 12.3. The first-order valence-electron chi connectivity index (χ1n) is 7.18. The number of sulfonamides is 1. The maximum Gasteiger partial charge on any atom is 0.446 e. The van der Waals surface area contributed by atoms with Crippen molar-refractivity contribution in [2.24, 2.45) is 5.92 Å². The van der Waals surface area contributed by atoms with Crippen LogP contribution in [0.4, 0.5) is 13.2 Å². The highest BCUT2D eigenvalue weighted by molar-refractivity contribution is 8.00. The van der Waals surface area contributed by atoms with Crippen LogP contribution in [0.2, 0.25) is 0 Å². The Kier molecular flexibility index (Phi) is 5.82. The number of aliphatic carboxylic acids is 1. The summed E-state index contributed by atoms with van der Waals surface area (Å²) in [4.78, 5) is 10.7. The second-order valence-corrected chi connectivity index (χ2v) is 8.38. The lowest BCUT2D eigenvalue weighted by Crippen LogP contribution is -2.38. The summed E-state index contributed by atoms with van der Waals surface area (Å²) in [6.07, 6.45) is 1.61. The van der Waals surface area contributed by atoms with E-state index in [0.717, 1.165) is 24.3 Å². The maximum absolute atomic E-state index is 12.3. The number of hydrogen-bond acceptors (Lipinski definition) is 4. The van der Waals surface area contributed by atoms with Gasteiger partial charge >= 0.3 is 11.5 Å². The molecule has 1 aliphatic carbocycles. The summed E-state index contributed by atoms with van der Waals surface area (Å²) < 4.78 is 63.8. The molecule has 10 heteroatoms. The number of hydrogen-bond donors (Lipinski definition) is 2. The van der Waals surface area contributed by atoms with Crippen LogP contribution in [0.25, 0.3) is 0 Å². The quantitative estimate of drug-likeness (QED) is 0.763. The number of carboxylic acid groups (broad SMARTS) is 1. The van der Waals surface area contributed by atoms with Gasteiger partial charge in [0.15, 0.2) is 0 Å². The molecule has 0 bridgehead atoms. The van der Waals surface area contributed by atoms with E-state index in [1.54, 1.807) is 0 Å². The Morgan fingerprint density at radius 1 is 1.12 bits per heavy atom. The number of carbonyl (C=O) groups is 1. The Bertz CT molecular complexity index is 681. The largest absolute Gasteiger partial charge is 0.481 e. The molecule has 0 aliphatic heterocycles. The molecule has 134 valence electrons. The van der Waals surface area contributed by atoms with Gasteiger partial charge in [-0.1, -0.05) is 0 Å². The van der Waals surface area contributed by atoms with Gasteiger partial charge in [-0.25, -0.2) is 13.1 Å². The van der Waals surface area contributed by atoms with Crippen molar-refractivity contribution in [3.8, 4) is 0 Å². The summed E-state index contributed by atoms with van der Waals surface area (Å²) in [5.41, 5.74) is -4.43. The number of rotatable bonds is 5. The molecule has 24 heavy (non-hydrogen) atoms. The van der Waals surface area contributed by atoms with Crippen molar-refractivity contribution in [2.45, 2.75) is 47.0 Å². The van der Waals surface area contributed by atoms with Crippen LogP contribution in [0, 0.1) is 5.92 Å². The molecule has 0 amide bonds. The predicted octanol–water partition coefficient (Wildman–Crippen LogP) is 3.22. The van der Waals surface area contributed by atoms with Crippen LogP contribution in [-0.2, 0) is 14.8 Å². The van der Waals surface area contributed by atoms with Crippen molar-refractivity contribution in [1.29, 1.82) is 0 Å². The first-order valence-corrected chi connectivity index (χ1v) is 9.48. The van der Waals surface area contributed by atoms with E-state index < -0.39 is 27.4 Å². The van der Waals surface area contributed by atoms with Crippen molar-refractivity contribution in [3.05, 3.63) is 24.3 Å². The van der Waals surface area contributed by atoms with Gasteiger partial charge in [0, 0.05) is 10.9 Å². The van der Waals surface area contributed by atoms with E-state index in [-0.39, 0.29) is 27.6 Å². The molecular formula is C14H16F3NO4S2. The molecule has 1 aromatic carbocycles. The number of alkyl halides is 3. The second kappa shape index (κ2) is 7.32. The third-order valence-electron chi connectivity index (χ3n) is 3.77. The van der Waals surface area contributed by atoms with E-state index in [9.17, 15) is 26.4 Å². The molecule has 0 unspecified atom stereocenters. The average Bonchev–Trinajstić information content (AvgIpc) is 2.46. The Morgan fingerprint density at radius 3 is 2.12 bits per heavy atom. The summed E-state index contributed by atoms with van der Waals surface area (Å²) in [7, 11) is -3.85. The summed E-state index contributed by atoms with van der Waals surface area (Å²) >= 11 is -0.312. The Hall–Kier alpha value is -1.26. The van der Waals surface area contributed by atoms with Crippen LogP contribution in [0.5, 0.6) is 0 Å². The van der Waals surface area contributed by atoms with Gasteiger partial charge in [0.2, 0.25) is 10.0 Å².